The quantitative estimate of drug-likeness (QED) is 0.705. The van der Waals surface area contributed by atoms with E-state index in [1.54, 1.807) is 13.3 Å². The third kappa shape index (κ3) is 4.71. The second-order valence-corrected chi connectivity index (χ2v) is 3.91. The van der Waals surface area contributed by atoms with Crippen LogP contribution in [0.2, 0.25) is 0 Å². The highest BCUT2D eigenvalue weighted by molar-refractivity contribution is 5.28. The summed E-state index contributed by atoms with van der Waals surface area (Å²) in [5, 5.41) is 3.43. The van der Waals surface area contributed by atoms with E-state index in [2.05, 4.69) is 24.1 Å². The van der Waals surface area contributed by atoms with Crippen molar-refractivity contribution in [3.8, 4) is 5.88 Å². The molecule has 0 aromatic carbocycles. The van der Waals surface area contributed by atoms with Crippen molar-refractivity contribution in [3.05, 3.63) is 23.9 Å². The molecule has 1 atom stereocenters. The molecule has 1 heterocycles. The summed E-state index contributed by atoms with van der Waals surface area (Å²) in [6.07, 6.45) is 2.86. The lowest BCUT2D eigenvalue weighted by Crippen LogP contribution is -2.20. The van der Waals surface area contributed by atoms with Crippen LogP contribution < -0.4 is 10.1 Å². The van der Waals surface area contributed by atoms with Crippen molar-refractivity contribution < 1.29 is 9.47 Å². The summed E-state index contributed by atoms with van der Waals surface area (Å²) in [4.78, 5) is 4.26. The predicted molar refractivity (Wildman–Crippen MR) is 68.3 cm³/mol. The number of rotatable bonds is 8. The molecule has 1 N–H and O–H groups in total. The van der Waals surface area contributed by atoms with E-state index in [9.17, 15) is 0 Å². The molecule has 0 fully saturated rings. The number of methoxy groups -OCH3 is 1. The summed E-state index contributed by atoms with van der Waals surface area (Å²) < 4.78 is 10.6. The van der Waals surface area contributed by atoms with Crippen LogP contribution in [0.1, 0.15) is 31.9 Å². The van der Waals surface area contributed by atoms with Gasteiger partial charge in [0.2, 0.25) is 5.88 Å². The van der Waals surface area contributed by atoms with E-state index in [1.165, 1.54) is 0 Å². The number of ether oxygens (including phenoxy) is 2. The topological polar surface area (TPSA) is 43.4 Å². The Labute approximate surface area is 103 Å². The average Bonchev–Trinajstić information content (AvgIpc) is 2.37. The lowest BCUT2D eigenvalue weighted by atomic mass is 10.1. The highest BCUT2D eigenvalue weighted by atomic mass is 16.5. The monoisotopic (exact) mass is 238 g/mol. The molecule has 0 bridgehead atoms. The second kappa shape index (κ2) is 8.03. The van der Waals surface area contributed by atoms with Crippen LogP contribution in [0.15, 0.2) is 18.3 Å². The Hall–Kier alpha value is -1.13. The summed E-state index contributed by atoms with van der Waals surface area (Å²) in [6.45, 7) is 6.37. The molecular formula is C13H22N2O2. The third-order valence-corrected chi connectivity index (χ3v) is 2.49. The van der Waals surface area contributed by atoms with E-state index in [1.807, 2.05) is 12.1 Å². The van der Waals surface area contributed by atoms with E-state index >= 15 is 0 Å². The Balaban J connectivity index is 2.62. The fourth-order valence-electron chi connectivity index (χ4n) is 1.55. The van der Waals surface area contributed by atoms with E-state index in [-0.39, 0.29) is 6.04 Å². The molecule has 0 radical (unpaired) electrons. The van der Waals surface area contributed by atoms with E-state index in [4.69, 9.17) is 9.47 Å². The smallest absolute Gasteiger partial charge is 0.218 e. The maximum Gasteiger partial charge on any atom is 0.218 e. The van der Waals surface area contributed by atoms with Crippen molar-refractivity contribution in [1.29, 1.82) is 0 Å². The lowest BCUT2D eigenvalue weighted by molar-refractivity contribution is 0.142. The molecule has 1 rings (SSSR count). The lowest BCUT2D eigenvalue weighted by Gasteiger charge is -2.16. The molecule has 4 heteroatoms. The van der Waals surface area contributed by atoms with Gasteiger partial charge in [0, 0.05) is 24.9 Å². The molecule has 17 heavy (non-hydrogen) atoms. The number of hydrogen-bond donors (Lipinski definition) is 1. The molecule has 0 amide bonds. The largest absolute Gasteiger partial charge is 0.475 e. The summed E-state index contributed by atoms with van der Waals surface area (Å²) in [6, 6.07) is 4.23. The van der Waals surface area contributed by atoms with Gasteiger partial charge in [-0.2, -0.15) is 0 Å². The highest BCUT2D eigenvalue weighted by Gasteiger charge is 2.11. The van der Waals surface area contributed by atoms with Gasteiger partial charge < -0.3 is 14.8 Å². The number of aromatic nitrogens is 1. The normalized spacial score (nSPS) is 12.4. The minimum Gasteiger partial charge on any atom is -0.475 e. The maximum atomic E-state index is 5.60. The Bertz CT molecular complexity index is 318. The average molecular weight is 238 g/mol. The minimum atomic E-state index is 0.251. The molecule has 1 aromatic rings. The van der Waals surface area contributed by atoms with Gasteiger partial charge in [-0.15, -0.1) is 0 Å². The van der Waals surface area contributed by atoms with Gasteiger partial charge in [0.05, 0.1) is 6.61 Å². The number of nitrogens with one attached hydrogen (secondary N) is 1. The molecule has 1 aromatic heterocycles. The first-order valence-electron chi connectivity index (χ1n) is 6.09. The van der Waals surface area contributed by atoms with Crippen molar-refractivity contribution in [2.75, 3.05) is 26.9 Å². The van der Waals surface area contributed by atoms with E-state index in [0.29, 0.717) is 19.1 Å². The Morgan fingerprint density at radius 3 is 2.94 bits per heavy atom. The Morgan fingerprint density at radius 1 is 1.41 bits per heavy atom. The molecule has 4 nitrogen and oxygen atoms in total. The first-order valence-corrected chi connectivity index (χ1v) is 6.09. The highest BCUT2D eigenvalue weighted by Crippen LogP contribution is 2.21. The number of pyridine rings is 1. The molecule has 0 aliphatic heterocycles. The van der Waals surface area contributed by atoms with Crippen molar-refractivity contribution in [3.63, 3.8) is 0 Å². The van der Waals surface area contributed by atoms with Gasteiger partial charge in [0.25, 0.3) is 0 Å². The molecule has 1 unspecified atom stereocenters. The van der Waals surface area contributed by atoms with Gasteiger partial charge in [-0.25, -0.2) is 4.98 Å². The minimum absolute atomic E-state index is 0.251. The van der Waals surface area contributed by atoms with Crippen LogP contribution in [-0.2, 0) is 4.74 Å². The maximum absolute atomic E-state index is 5.60. The van der Waals surface area contributed by atoms with Crippen LogP contribution in [0.3, 0.4) is 0 Å². The zero-order chi connectivity index (χ0) is 12.5. The van der Waals surface area contributed by atoms with Gasteiger partial charge in [0.1, 0.15) is 6.61 Å². The zero-order valence-corrected chi connectivity index (χ0v) is 10.9. The Kier molecular flexibility index (Phi) is 6.58. The molecule has 0 saturated heterocycles. The fraction of sp³-hybridized carbons (Fsp3) is 0.615. The van der Waals surface area contributed by atoms with Crippen molar-refractivity contribution in [2.45, 2.75) is 26.3 Å². The molecule has 96 valence electrons. The van der Waals surface area contributed by atoms with Crippen LogP contribution in [0, 0.1) is 0 Å². The molecule has 0 spiro atoms. The van der Waals surface area contributed by atoms with E-state index < -0.39 is 0 Å². The van der Waals surface area contributed by atoms with Gasteiger partial charge in [0.15, 0.2) is 0 Å². The first kappa shape index (κ1) is 13.9. The van der Waals surface area contributed by atoms with Crippen LogP contribution in [0.5, 0.6) is 5.88 Å². The molecule has 0 saturated carbocycles. The predicted octanol–water partition coefficient (Wildman–Crippen LogP) is 2.17. The second-order valence-electron chi connectivity index (χ2n) is 3.91. The van der Waals surface area contributed by atoms with Crippen LogP contribution in [-0.4, -0.2) is 31.9 Å². The van der Waals surface area contributed by atoms with Gasteiger partial charge >= 0.3 is 0 Å². The molecule has 0 aliphatic rings. The van der Waals surface area contributed by atoms with Crippen molar-refractivity contribution >= 4 is 0 Å². The summed E-state index contributed by atoms with van der Waals surface area (Å²) in [5.41, 5.74) is 1.09. The van der Waals surface area contributed by atoms with Crippen LogP contribution in [0.25, 0.3) is 0 Å². The van der Waals surface area contributed by atoms with Gasteiger partial charge in [-0.1, -0.05) is 13.0 Å². The standard InChI is InChI=1S/C13H22N2O2/c1-4-7-14-11(2)12-6-5-8-15-13(12)17-10-9-16-3/h5-6,8,11,14H,4,7,9-10H2,1-3H3. The Morgan fingerprint density at radius 2 is 2.24 bits per heavy atom. The zero-order valence-electron chi connectivity index (χ0n) is 10.9. The summed E-state index contributed by atoms with van der Waals surface area (Å²) >= 11 is 0. The van der Waals surface area contributed by atoms with Gasteiger partial charge in [-0.05, 0) is 26.0 Å². The summed E-state index contributed by atoms with van der Waals surface area (Å²) in [7, 11) is 1.66. The van der Waals surface area contributed by atoms with Crippen LogP contribution >= 0.6 is 0 Å². The number of hydrogen-bond acceptors (Lipinski definition) is 4. The van der Waals surface area contributed by atoms with Gasteiger partial charge in [-0.3, -0.25) is 0 Å². The summed E-state index contributed by atoms with van der Waals surface area (Å²) in [5.74, 6) is 0.695. The first-order chi connectivity index (χ1) is 8.29. The third-order valence-electron chi connectivity index (χ3n) is 2.49. The van der Waals surface area contributed by atoms with E-state index in [0.717, 1.165) is 18.5 Å². The molecule has 0 aliphatic carbocycles. The van der Waals surface area contributed by atoms with Crippen LogP contribution in [0.4, 0.5) is 0 Å². The fourth-order valence-corrected chi connectivity index (χ4v) is 1.55. The molecular weight excluding hydrogens is 216 g/mol. The number of nitrogens with zero attached hydrogens (tertiary/aromatic N) is 1. The SMILES string of the molecule is CCCNC(C)c1cccnc1OCCOC. The van der Waals surface area contributed by atoms with Crippen molar-refractivity contribution in [1.82, 2.24) is 10.3 Å². The van der Waals surface area contributed by atoms with Crippen molar-refractivity contribution in [2.24, 2.45) is 0 Å².